The number of rotatable bonds is 4. The monoisotopic (exact) mass is 301 g/mol. The molecule has 0 radical (unpaired) electrons. The van der Waals surface area contributed by atoms with Crippen molar-refractivity contribution < 1.29 is 14.5 Å². The quantitative estimate of drug-likeness (QED) is 0.573. The second-order valence-corrected chi connectivity index (χ2v) is 4.28. The van der Waals surface area contributed by atoms with Crippen LogP contribution >= 0.6 is 0 Å². The molecule has 0 aliphatic carbocycles. The van der Waals surface area contributed by atoms with Crippen molar-refractivity contribution in [1.82, 2.24) is 10.3 Å². The Morgan fingerprint density at radius 1 is 0.955 bits per heavy atom. The molecule has 0 spiro atoms. The van der Waals surface area contributed by atoms with E-state index in [0.717, 1.165) is 0 Å². The lowest BCUT2D eigenvalue weighted by Crippen LogP contribution is -1.98. The molecule has 0 unspecified atom stereocenters. The van der Waals surface area contributed by atoms with Crippen LogP contribution in [0.5, 0.6) is 0 Å². The number of hydrogen-bond donors (Lipinski definition) is 1. The summed E-state index contributed by atoms with van der Waals surface area (Å²) in [7, 11) is 0. The molecule has 110 valence electrons. The first-order valence-electron chi connectivity index (χ1n) is 5.97. The van der Waals surface area contributed by atoms with Gasteiger partial charge in [0, 0.05) is 17.8 Å². The summed E-state index contributed by atoms with van der Waals surface area (Å²) in [6.45, 7) is 0. The van der Waals surface area contributed by atoms with Gasteiger partial charge in [0.2, 0.25) is 5.52 Å². The van der Waals surface area contributed by atoms with Crippen molar-refractivity contribution in [1.29, 1.82) is 0 Å². The van der Waals surface area contributed by atoms with E-state index < -0.39 is 9.85 Å². The molecule has 0 fully saturated rings. The Labute approximate surface area is 121 Å². The molecule has 1 heterocycles. The van der Waals surface area contributed by atoms with Crippen LogP contribution in [0.4, 0.5) is 22.7 Å². The minimum Gasteiger partial charge on any atom is -0.350 e. The van der Waals surface area contributed by atoms with Gasteiger partial charge in [-0.2, -0.15) is 0 Å². The Hall–Kier alpha value is -3.56. The number of nitrogens with one attached hydrogen (secondary N) is 1. The van der Waals surface area contributed by atoms with Crippen molar-refractivity contribution in [2.75, 3.05) is 5.32 Å². The van der Waals surface area contributed by atoms with Crippen LogP contribution in [0, 0.1) is 20.2 Å². The van der Waals surface area contributed by atoms with Gasteiger partial charge in [0.1, 0.15) is 11.2 Å². The zero-order chi connectivity index (χ0) is 15.7. The largest absolute Gasteiger partial charge is 0.350 e. The summed E-state index contributed by atoms with van der Waals surface area (Å²) in [6.07, 6.45) is 0. The van der Waals surface area contributed by atoms with E-state index in [9.17, 15) is 20.2 Å². The number of hydrogen-bond acceptors (Lipinski definition) is 8. The normalized spacial score (nSPS) is 10.5. The molecular formula is C12H7N5O5. The Bertz CT molecular complexity index is 873. The van der Waals surface area contributed by atoms with Gasteiger partial charge >= 0.3 is 5.69 Å². The molecule has 2 aromatic carbocycles. The molecule has 0 aliphatic heterocycles. The number of nitro benzene ring substituents is 2. The Morgan fingerprint density at radius 3 is 2.32 bits per heavy atom. The van der Waals surface area contributed by atoms with Gasteiger partial charge < -0.3 is 5.32 Å². The van der Waals surface area contributed by atoms with Crippen LogP contribution in [0.3, 0.4) is 0 Å². The van der Waals surface area contributed by atoms with Crippen molar-refractivity contribution >= 4 is 33.8 Å². The standard InChI is InChI=1S/C12H7N5O5/c18-16(19)8-3-1-7(2-4-8)13-10-6-5-9-11(15-22-14-9)12(10)17(20)21/h1-6,13H. The highest BCUT2D eigenvalue weighted by Gasteiger charge is 2.22. The predicted octanol–water partition coefficient (Wildman–Crippen LogP) is 2.78. The van der Waals surface area contributed by atoms with Crippen LogP contribution < -0.4 is 5.32 Å². The van der Waals surface area contributed by atoms with E-state index in [1.807, 2.05) is 0 Å². The third kappa shape index (κ3) is 2.28. The number of benzene rings is 2. The minimum absolute atomic E-state index is 0.0249. The average molecular weight is 301 g/mol. The molecule has 10 heteroatoms. The van der Waals surface area contributed by atoms with E-state index >= 15 is 0 Å². The second kappa shape index (κ2) is 5.09. The minimum atomic E-state index is -0.597. The SMILES string of the molecule is O=[N+]([O-])c1ccc(Nc2ccc3nonc3c2[N+](=O)[O-])cc1. The fraction of sp³-hybridized carbons (Fsp3) is 0. The maximum atomic E-state index is 11.2. The fourth-order valence-corrected chi connectivity index (χ4v) is 1.95. The number of fused-ring (bicyclic) bond motifs is 1. The van der Waals surface area contributed by atoms with Crippen molar-refractivity contribution in [2.24, 2.45) is 0 Å². The molecule has 1 aromatic heterocycles. The lowest BCUT2D eigenvalue weighted by atomic mass is 10.2. The van der Waals surface area contributed by atoms with Gasteiger partial charge in [0.05, 0.1) is 9.85 Å². The molecule has 0 aliphatic rings. The van der Waals surface area contributed by atoms with Gasteiger partial charge in [0.25, 0.3) is 5.69 Å². The summed E-state index contributed by atoms with van der Waals surface area (Å²) in [4.78, 5) is 20.7. The van der Waals surface area contributed by atoms with Gasteiger partial charge in [-0.1, -0.05) is 0 Å². The van der Waals surface area contributed by atoms with Crippen LogP contribution in [-0.4, -0.2) is 20.2 Å². The highest BCUT2D eigenvalue weighted by Crippen LogP contribution is 2.33. The summed E-state index contributed by atoms with van der Waals surface area (Å²) < 4.78 is 4.50. The maximum absolute atomic E-state index is 11.2. The Kier molecular flexibility index (Phi) is 3.10. The molecule has 0 amide bonds. The highest BCUT2D eigenvalue weighted by atomic mass is 16.6. The van der Waals surface area contributed by atoms with Crippen molar-refractivity contribution in [3.05, 3.63) is 56.6 Å². The average Bonchev–Trinajstić information content (AvgIpc) is 2.95. The molecule has 3 rings (SSSR count). The summed E-state index contributed by atoms with van der Waals surface area (Å²) in [5.74, 6) is 0. The van der Waals surface area contributed by atoms with Crippen molar-refractivity contribution in [3.8, 4) is 0 Å². The molecule has 0 atom stereocenters. The van der Waals surface area contributed by atoms with Crippen LogP contribution in [0.2, 0.25) is 0 Å². The molecule has 0 saturated heterocycles. The zero-order valence-corrected chi connectivity index (χ0v) is 10.8. The van der Waals surface area contributed by atoms with Gasteiger partial charge in [-0.25, -0.2) is 4.63 Å². The molecule has 0 saturated carbocycles. The lowest BCUT2D eigenvalue weighted by molar-refractivity contribution is -0.384. The lowest BCUT2D eigenvalue weighted by Gasteiger charge is -2.06. The summed E-state index contributed by atoms with van der Waals surface area (Å²) >= 11 is 0. The van der Waals surface area contributed by atoms with E-state index in [2.05, 4.69) is 20.3 Å². The first kappa shape index (κ1) is 13.4. The van der Waals surface area contributed by atoms with Gasteiger partial charge in [-0.15, -0.1) is 0 Å². The number of anilines is 2. The molecule has 1 N–H and O–H groups in total. The maximum Gasteiger partial charge on any atom is 0.323 e. The van der Waals surface area contributed by atoms with E-state index in [1.54, 1.807) is 0 Å². The molecule has 3 aromatic rings. The smallest absolute Gasteiger partial charge is 0.323 e. The van der Waals surface area contributed by atoms with Gasteiger partial charge in [0.15, 0.2) is 0 Å². The van der Waals surface area contributed by atoms with Crippen molar-refractivity contribution in [3.63, 3.8) is 0 Å². The molecule has 22 heavy (non-hydrogen) atoms. The molecule has 10 nitrogen and oxygen atoms in total. The first-order chi connectivity index (χ1) is 10.6. The topological polar surface area (TPSA) is 137 Å². The van der Waals surface area contributed by atoms with Crippen LogP contribution in [0.1, 0.15) is 0 Å². The van der Waals surface area contributed by atoms with Gasteiger partial charge in [-0.3, -0.25) is 20.2 Å². The summed E-state index contributed by atoms with van der Waals surface area (Å²) in [5.41, 5.74) is 0.581. The van der Waals surface area contributed by atoms with E-state index in [-0.39, 0.29) is 28.1 Å². The zero-order valence-electron chi connectivity index (χ0n) is 10.8. The summed E-state index contributed by atoms with van der Waals surface area (Å²) in [6, 6.07) is 8.48. The summed E-state index contributed by atoms with van der Waals surface area (Å²) in [5, 5.41) is 31.7. The van der Waals surface area contributed by atoms with E-state index in [1.165, 1.54) is 36.4 Å². The highest BCUT2D eigenvalue weighted by molar-refractivity contribution is 5.91. The van der Waals surface area contributed by atoms with E-state index in [0.29, 0.717) is 5.69 Å². The number of aromatic nitrogens is 2. The molecular weight excluding hydrogens is 294 g/mol. The molecule has 0 bridgehead atoms. The predicted molar refractivity (Wildman–Crippen MR) is 74.8 cm³/mol. The van der Waals surface area contributed by atoms with Crippen LogP contribution in [-0.2, 0) is 0 Å². The number of non-ortho nitro benzene ring substituents is 1. The van der Waals surface area contributed by atoms with Crippen molar-refractivity contribution in [2.45, 2.75) is 0 Å². The number of nitrogens with zero attached hydrogens (tertiary/aromatic N) is 4. The van der Waals surface area contributed by atoms with E-state index in [4.69, 9.17) is 0 Å². The fourth-order valence-electron chi connectivity index (χ4n) is 1.95. The third-order valence-corrected chi connectivity index (χ3v) is 2.94. The Balaban J connectivity index is 2.01. The van der Waals surface area contributed by atoms with Crippen LogP contribution in [0.25, 0.3) is 11.0 Å². The second-order valence-electron chi connectivity index (χ2n) is 4.28. The van der Waals surface area contributed by atoms with Crippen LogP contribution in [0.15, 0.2) is 41.0 Å². The first-order valence-corrected chi connectivity index (χ1v) is 5.97. The third-order valence-electron chi connectivity index (χ3n) is 2.94. The number of nitro groups is 2. The Morgan fingerprint density at radius 2 is 1.68 bits per heavy atom. The van der Waals surface area contributed by atoms with Gasteiger partial charge in [-0.05, 0) is 34.6 Å².